The number of ether oxygens (including phenoxy) is 1. The molecule has 1 fully saturated rings. The van der Waals surface area contributed by atoms with Crippen molar-refractivity contribution in [3.05, 3.63) is 12.7 Å². The van der Waals surface area contributed by atoms with Gasteiger partial charge in [-0.25, -0.2) is 4.79 Å². The Morgan fingerprint density at radius 2 is 2.11 bits per heavy atom. The SMILES string of the molecule is C=CCCOCCNC(=O)NC1(CO)CCCC1. The van der Waals surface area contributed by atoms with Crippen LogP contribution in [0.25, 0.3) is 0 Å². The molecule has 0 unspecified atom stereocenters. The van der Waals surface area contributed by atoms with Gasteiger partial charge in [0.05, 0.1) is 25.4 Å². The van der Waals surface area contributed by atoms with Crippen LogP contribution in [0.5, 0.6) is 0 Å². The third-order valence-corrected chi connectivity index (χ3v) is 3.24. The first-order valence-electron chi connectivity index (χ1n) is 6.58. The molecule has 3 N–H and O–H groups in total. The number of aliphatic hydroxyl groups excluding tert-OH is 1. The van der Waals surface area contributed by atoms with E-state index in [0.29, 0.717) is 19.8 Å². The van der Waals surface area contributed by atoms with Crippen molar-refractivity contribution in [3.63, 3.8) is 0 Å². The highest BCUT2D eigenvalue weighted by molar-refractivity contribution is 5.74. The van der Waals surface area contributed by atoms with E-state index < -0.39 is 5.54 Å². The van der Waals surface area contributed by atoms with E-state index in [-0.39, 0.29) is 12.6 Å². The van der Waals surface area contributed by atoms with Crippen LogP contribution in [-0.2, 0) is 4.74 Å². The molecule has 5 nitrogen and oxygen atoms in total. The Bertz CT molecular complexity index is 263. The van der Waals surface area contributed by atoms with E-state index in [1.165, 1.54) is 0 Å². The van der Waals surface area contributed by atoms with Crippen molar-refractivity contribution < 1.29 is 14.6 Å². The summed E-state index contributed by atoms with van der Waals surface area (Å²) in [5.74, 6) is 0. The Balaban J connectivity index is 2.11. The lowest BCUT2D eigenvalue weighted by atomic mass is 9.99. The highest BCUT2D eigenvalue weighted by Gasteiger charge is 2.34. The van der Waals surface area contributed by atoms with Gasteiger partial charge in [-0.3, -0.25) is 0 Å². The van der Waals surface area contributed by atoms with Gasteiger partial charge in [0.25, 0.3) is 0 Å². The van der Waals surface area contributed by atoms with Crippen molar-refractivity contribution in [3.8, 4) is 0 Å². The second-order valence-corrected chi connectivity index (χ2v) is 4.72. The van der Waals surface area contributed by atoms with Crippen LogP contribution < -0.4 is 10.6 Å². The molecule has 18 heavy (non-hydrogen) atoms. The van der Waals surface area contributed by atoms with Gasteiger partial charge in [0, 0.05) is 6.54 Å². The van der Waals surface area contributed by atoms with Gasteiger partial charge in [0.15, 0.2) is 0 Å². The minimum absolute atomic E-state index is 0.0102. The summed E-state index contributed by atoms with van der Waals surface area (Å²) in [6.07, 6.45) is 6.45. The molecular weight excluding hydrogens is 232 g/mol. The number of aliphatic hydroxyl groups is 1. The quantitative estimate of drug-likeness (QED) is 0.451. The van der Waals surface area contributed by atoms with Crippen LogP contribution >= 0.6 is 0 Å². The fourth-order valence-corrected chi connectivity index (χ4v) is 2.16. The molecule has 0 atom stereocenters. The van der Waals surface area contributed by atoms with Crippen molar-refractivity contribution in [2.75, 3.05) is 26.4 Å². The summed E-state index contributed by atoms with van der Waals surface area (Å²) in [4.78, 5) is 11.6. The third kappa shape index (κ3) is 5.06. The monoisotopic (exact) mass is 256 g/mol. The first-order valence-corrected chi connectivity index (χ1v) is 6.58. The molecule has 5 heteroatoms. The highest BCUT2D eigenvalue weighted by atomic mass is 16.5. The van der Waals surface area contributed by atoms with Crippen LogP contribution in [0.4, 0.5) is 4.79 Å². The number of nitrogens with one attached hydrogen (secondary N) is 2. The molecule has 1 rings (SSSR count). The Morgan fingerprint density at radius 3 is 2.72 bits per heavy atom. The second kappa shape index (κ2) is 8.11. The van der Waals surface area contributed by atoms with Gasteiger partial charge < -0.3 is 20.5 Å². The summed E-state index contributed by atoms with van der Waals surface area (Å²) in [6.45, 7) is 5.21. The molecule has 0 radical (unpaired) electrons. The fourth-order valence-electron chi connectivity index (χ4n) is 2.16. The van der Waals surface area contributed by atoms with E-state index in [1.54, 1.807) is 6.08 Å². The Kier molecular flexibility index (Phi) is 6.75. The Hall–Kier alpha value is -1.07. The molecule has 104 valence electrons. The van der Waals surface area contributed by atoms with Crippen LogP contribution in [-0.4, -0.2) is 43.0 Å². The van der Waals surface area contributed by atoms with Crippen molar-refractivity contribution in [2.45, 2.75) is 37.6 Å². The lowest BCUT2D eigenvalue weighted by molar-refractivity contribution is 0.137. The van der Waals surface area contributed by atoms with Crippen LogP contribution in [0.1, 0.15) is 32.1 Å². The lowest BCUT2D eigenvalue weighted by Crippen LogP contribution is -2.53. The molecule has 0 aromatic rings. The molecule has 1 saturated carbocycles. The van der Waals surface area contributed by atoms with Gasteiger partial charge in [-0.15, -0.1) is 6.58 Å². The van der Waals surface area contributed by atoms with Gasteiger partial charge in [-0.2, -0.15) is 0 Å². The maximum absolute atomic E-state index is 11.6. The molecule has 2 amide bonds. The van der Waals surface area contributed by atoms with Crippen molar-refractivity contribution in [1.29, 1.82) is 0 Å². The van der Waals surface area contributed by atoms with Gasteiger partial charge in [-0.05, 0) is 19.3 Å². The van der Waals surface area contributed by atoms with E-state index in [2.05, 4.69) is 17.2 Å². The van der Waals surface area contributed by atoms with Crippen LogP contribution in [0.3, 0.4) is 0 Å². The first-order chi connectivity index (χ1) is 8.72. The van der Waals surface area contributed by atoms with Crippen LogP contribution in [0.2, 0.25) is 0 Å². The maximum atomic E-state index is 11.6. The van der Waals surface area contributed by atoms with E-state index in [0.717, 1.165) is 32.1 Å². The number of rotatable bonds is 8. The molecule has 0 heterocycles. The molecule has 0 spiro atoms. The largest absolute Gasteiger partial charge is 0.394 e. The van der Waals surface area contributed by atoms with Crippen molar-refractivity contribution in [1.82, 2.24) is 10.6 Å². The average Bonchev–Trinajstić information content (AvgIpc) is 2.83. The zero-order chi connectivity index (χ0) is 13.3. The van der Waals surface area contributed by atoms with E-state index in [1.807, 2.05) is 0 Å². The normalized spacial score (nSPS) is 17.4. The summed E-state index contributed by atoms with van der Waals surface area (Å²) in [6, 6.07) is -0.224. The summed E-state index contributed by atoms with van der Waals surface area (Å²) < 4.78 is 5.28. The lowest BCUT2D eigenvalue weighted by Gasteiger charge is -2.27. The molecule has 0 bridgehead atoms. The molecule has 0 aromatic carbocycles. The number of carbonyl (C=O) groups is 1. The zero-order valence-corrected chi connectivity index (χ0v) is 10.9. The molecule has 1 aliphatic rings. The van der Waals surface area contributed by atoms with Gasteiger partial charge >= 0.3 is 6.03 Å². The number of carbonyl (C=O) groups excluding carboxylic acids is 1. The smallest absolute Gasteiger partial charge is 0.315 e. The molecular formula is C13H24N2O3. The summed E-state index contributed by atoms with van der Waals surface area (Å²) >= 11 is 0. The average molecular weight is 256 g/mol. The van der Waals surface area contributed by atoms with E-state index in [4.69, 9.17) is 4.74 Å². The molecule has 0 saturated heterocycles. The number of amides is 2. The Morgan fingerprint density at radius 1 is 1.39 bits per heavy atom. The highest BCUT2D eigenvalue weighted by Crippen LogP contribution is 2.28. The summed E-state index contributed by atoms with van der Waals surface area (Å²) in [5, 5.41) is 15.0. The predicted octanol–water partition coefficient (Wildman–Crippen LogP) is 1.18. The molecule has 1 aliphatic carbocycles. The standard InChI is InChI=1S/C13H24N2O3/c1-2-3-9-18-10-8-14-12(17)15-13(11-16)6-4-5-7-13/h2,16H,1,3-11H2,(H2,14,15,17). The Labute approximate surface area is 109 Å². The first kappa shape index (κ1) is 15.0. The molecule has 0 aromatic heterocycles. The van der Waals surface area contributed by atoms with Crippen LogP contribution in [0.15, 0.2) is 12.7 Å². The minimum atomic E-state index is -0.409. The van der Waals surface area contributed by atoms with Crippen LogP contribution in [0, 0.1) is 0 Å². The van der Waals surface area contributed by atoms with Gasteiger partial charge in [0.2, 0.25) is 0 Å². The van der Waals surface area contributed by atoms with E-state index >= 15 is 0 Å². The number of hydrogen-bond acceptors (Lipinski definition) is 3. The second-order valence-electron chi connectivity index (χ2n) is 4.72. The number of urea groups is 1. The van der Waals surface area contributed by atoms with Crippen molar-refractivity contribution in [2.24, 2.45) is 0 Å². The topological polar surface area (TPSA) is 70.6 Å². The number of hydrogen-bond donors (Lipinski definition) is 3. The van der Waals surface area contributed by atoms with Gasteiger partial charge in [-0.1, -0.05) is 18.9 Å². The zero-order valence-electron chi connectivity index (χ0n) is 10.9. The molecule has 0 aliphatic heterocycles. The van der Waals surface area contributed by atoms with Crippen molar-refractivity contribution >= 4 is 6.03 Å². The third-order valence-electron chi connectivity index (χ3n) is 3.24. The fraction of sp³-hybridized carbons (Fsp3) is 0.769. The summed E-state index contributed by atoms with van der Waals surface area (Å²) in [7, 11) is 0. The van der Waals surface area contributed by atoms with Gasteiger partial charge in [0.1, 0.15) is 0 Å². The maximum Gasteiger partial charge on any atom is 0.315 e. The summed E-state index contributed by atoms with van der Waals surface area (Å²) in [5.41, 5.74) is -0.409. The predicted molar refractivity (Wildman–Crippen MR) is 70.5 cm³/mol. The van der Waals surface area contributed by atoms with E-state index in [9.17, 15) is 9.90 Å². The minimum Gasteiger partial charge on any atom is -0.394 e.